The minimum absolute atomic E-state index is 0.0338. The van der Waals surface area contributed by atoms with Crippen LogP contribution in [0.15, 0.2) is 28.4 Å². The van der Waals surface area contributed by atoms with Crippen LogP contribution in [-0.2, 0) is 27.3 Å². The third-order valence-electron chi connectivity index (χ3n) is 8.31. The maximum atomic E-state index is 14.1. The topological polar surface area (TPSA) is 190 Å². The fraction of sp³-hybridized carbons (Fsp3) is 0.429. The normalized spacial score (nSPS) is 25.7. The molecule has 2 aromatic rings. The van der Waals surface area contributed by atoms with Crippen LogP contribution in [0.3, 0.4) is 0 Å². The van der Waals surface area contributed by atoms with Gasteiger partial charge in [0.1, 0.15) is 22.8 Å². The number of fused-ring (bicyclic) bond motifs is 3. The number of thiazole rings is 1. The first-order valence-electron chi connectivity index (χ1n) is 13.1. The van der Waals surface area contributed by atoms with E-state index < -0.39 is 58.0 Å². The number of nitrogens with zero attached hydrogens (tertiary/aromatic N) is 3. The molecule has 218 valence electrons. The molecule has 41 heavy (non-hydrogen) atoms. The number of nitrogens with two attached hydrogens (primary N) is 1. The molecule has 1 fully saturated rings. The Hall–Kier alpha value is -3.94. The number of rotatable bonds is 6. The molecule has 3 aliphatic rings. The van der Waals surface area contributed by atoms with Crippen molar-refractivity contribution in [3.63, 3.8) is 0 Å². The fourth-order valence-electron chi connectivity index (χ4n) is 6.49. The highest BCUT2D eigenvalue weighted by Crippen LogP contribution is 2.54. The Kier molecular flexibility index (Phi) is 6.87. The van der Waals surface area contributed by atoms with Gasteiger partial charge in [-0.1, -0.05) is 0 Å². The molecule has 1 saturated carbocycles. The highest BCUT2D eigenvalue weighted by Gasteiger charge is 2.64. The summed E-state index contributed by atoms with van der Waals surface area (Å²) in [6, 6.07) is 0.679. The molecule has 2 unspecified atom stereocenters. The van der Waals surface area contributed by atoms with Gasteiger partial charge < -0.3 is 36.4 Å². The van der Waals surface area contributed by atoms with Crippen molar-refractivity contribution in [1.29, 1.82) is 0 Å². The number of primary amides is 1. The van der Waals surface area contributed by atoms with Crippen molar-refractivity contribution in [2.45, 2.75) is 38.0 Å². The summed E-state index contributed by atoms with van der Waals surface area (Å²) in [5.41, 5.74) is 4.36. The van der Waals surface area contributed by atoms with Crippen LogP contribution in [0.4, 0.5) is 10.8 Å². The second-order valence-corrected chi connectivity index (χ2v) is 12.1. The van der Waals surface area contributed by atoms with Crippen molar-refractivity contribution in [2.75, 3.05) is 38.4 Å². The molecular formula is C28H33N5O7S. The number of aryl methyl sites for hydroxylation is 1. The van der Waals surface area contributed by atoms with E-state index in [-0.39, 0.29) is 36.3 Å². The van der Waals surface area contributed by atoms with Gasteiger partial charge in [0, 0.05) is 48.8 Å². The molecule has 1 heterocycles. The SMILES string of the molecule is Cc1csc(NCc2cc(N(C)C)c3c(c2O)C(O)=C2C(=O)C4(O)C(O)=C(C(N)=O)C(=O)C(N(C)C)[C@@H]4C[C@@H]2C3)n1. The van der Waals surface area contributed by atoms with Crippen molar-refractivity contribution in [3.05, 3.63) is 50.7 Å². The molecule has 13 heteroatoms. The van der Waals surface area contributed by atoms with E-state index >= 15 is 0 Å². The smallest absolute Gasteiger partial charge is 0.255 e. The molecule has 0 radical (unpaired) electrons. The molecule has 12 nitrogen and oxygen atoms in total. The lowest BCUT2D eigenvalue weighted by Crippen LogP contribution is -2.65. The average molecular weight is 584 g/mol. The van der Waals surface area contributed by atoms with Gasteiger partial charge in [0.2, 0.25) is 5.78 Å². The molecule has 1 aromatic carbocycles. The van der Waals surface area contributed by atoms with Gasteiger partial charge in [-0.15, -0.1) is 11.3 Å². The number of hydrogen-bond donors (Lipinski definition) is 6. The first-order chi connectivity index (χ1) is 19.2. The number of anilines is 2. The summed E-state index contributed by atoms with van der Waals surface area (Å²) in [5.74, 6) is -6.72. The molecule has 0 spiro atoms. The molecule has 4 atom stereocenters. The molecule has 0 saturated heterocycles. The van der Waals surface area contributed by atoms with Gasteiger partial charge in [-0.2, -0.15) is 0 Å². The minimum Gasteiger partial charge on any atom is -0.508 e. The van der Waals surface area contributed by atoms with Crippen LogP contribution in [0.25, 0.3) is 5.76 Å². The largest absolute Gasteiger partial charge is 0.508 e. The zero-order valence-electron chi connectivity index (χ0n) is 23.3. The van der Waals surface area contributed by atoms with Crippen LogP contribution in [0, 0.1) is 18.8 Å². The number of amides is 1. The maximum absolute atomic E-state index is 14.1. The van der Waals surface area contributed by atoms with Crippen molar-refractivity contribution in [1.82, 2.24) is 9.88 Å². The molecular weight excluding hydrogens is 550 g/mol. The quantitative estimate of drug-likeness (QED) is 0.270. The summed E-state index contributed by atoms with van der Waals surface area (Å²) >= 11 is 1.41. The van der Waals surface area contributed by atoms with Crippen LogP contribution in [-0.4, -0.2) is 87.6 Å². The van der Waals surface area contributed by atoms with Crippen LogP contribution in [0.2, 0.25) is 0 Å². The first kappa shape index (κ1) is 28.6. The number of benzene rings is 1. The van der Waals surface area contributed by atoms with Crippen LogP contribution >= 0.6 is 11.3 Å². The Morgan fingerprint density at radius 1 is 1.22 bits per heavy atom. The Balaban J connectivity index is 1.67. The van der Waals surface area contributed by atoms with Crippen LogP contribution in [0.1, 0.15) is 28.8 Å². The second kappa shape index (κ2) is 9.86. The Morgan fingerprint density at radius 2 is 1.90 bits per heavy atom. The summed E-state index contributed by atoms with van der Waals surface area (Å²) in [6.45, 7) is 2.04. The van der Waals surface area contributed by atoms with Crippen molar-refractivity contribution in [3.8, 4) is 5.75 Å². The Morgan fingerprint density at radius 3 is 2.46 bits per heavy atom. The average Bonchev–Trinajstić information content (AvgIpc) is 3.30. The summed E-state index contributed by atoms with van der Waals surface area (Å²) in [6.07, 6.45) is 0.251. The number of aliphatic hydroxyl groups is 3. The lowest BCUT2D eigenvalue weighted by atomic mass is 9.57. The molecule has 1 aromatic heterocycles. The number of aromatic nitrogens is 1. The standard InChI is InChI=1S/C28H33N5O7S/c1-11-10-41-27(31-11)30-9-13-8-16(32(2)3)14-6-12-7-15-20(33(4)5)23(36)19(26(29)39)25(38)28(15,40)24(37)17(12)22(35)18(14)21(13)34/h8,10,12,15,20,34-35,38,40H,6-7,9H2,1-5H3,(H2,29,39)(H,30,31)/t12-,15-,20?,28?/m0/s1. The van der Waals surface area contributed by atoms with E-state index in [0.717, 1.165) is 5.69 Å². The number of Topliss-reactive ketones (excluding diaryl/α,β-unsaturated/α-hetero) is 2. The van der Waals surface area contributed by atoms with E-state index in [9.17, 15) is 34.8 Å². The lowest BCUT2D eigenvalue weighted by molar-refractivity contribution is -0.153. The summed E-state index contributed by atoms with van der Waals surface area (Å²) in [7, 11) is 6.78. The van der Waals surface area contributed by atoms with Crippen molar-refractivity contribution in [2.24, 2.45) is 17.6 Å². The Labute approximate surface area is 240 Å². The van der Waals surface area contributed by atoms with Gasteiger partial charge in [0.05, 0.1) is 17.3 Å². The van der Waals surface area contributed by atoms with Crippen LogP contribution < -0.4 is 16.0 Å². The predicted octanol–water partition coefficient (Wildman–Crippen LogP) is 1.41. The zero-order valence-corrected chi connectivity index (χ0v) is 24.2. The predicted molar refractivity (Wildman–Crippen MR) is 153 cm³/mol. The van der Waals surface area contributed by atoms with Crippen LogP contribution in [0.5, 0.6) is 5.75 Å². The molecule has 0 bridgehead atoms. The summed E-state index contributed by atoms with van der Waals surface area (Å²) in [5, 5.41) is 51.5. The van der Waals surface area contributed by atoms with Gasteiger partial charge >= 0.3 is 0 Å². The van der Waals surface area contributed by atoms with Gasteiger partial charge in [-0.05, 0) is 51.4 Å². The van der Waals surface area contributed by atoms with Gasteiger partial charge in [-0.3, -0.25) is 19.3 Å². The molecule has 5 rings (SSSR count). The van der Waals surface area contributed by atoms with E-state index in [0.29, 0.717) is 21.9 Å². The van der Waals surface area contributed by atoms with Gasteiger partial charge in [0.15, 0.2) is 16.5 Å². The molecule has 7 N–H and O–H groups in total. The number of carbonyl (C=O) groups is 3. The number of hydrogen-bond acceptors (Lipinski definition) is 12. The van der Waals surface area contributed by atoms with Crippen molar-refractivity contribution >= 4 is 45.4 Å². The third kappa shape index (κ3) is 4.18. The van der Waals surface area contributed by atoms with E-state index in [1.54, 1.807) is 20.2 Å². The third-order valence-corrected chi connectivity index (χ3v) is 9.22. The fourth-order valence-corrected chi connectivity index (χ4v) is 7.17. The highest BCUT2D eigenvalue weighted by molar-refractivity contribution is 7.13. The van der Waals surface area contributed by atoms with E-state index in [1.807, 2.05) is 31.3 Å². The zero-order chi connectivity index (χ0) is 30.1. The summed E-state index contributed by atoms with van der Waals surface area (Å²) in [4.78, 5) is 47.2. The minimum atomic E-state index is -2.67. The van der Waals surface area contributed by atoms with Gasteiger partial charge in [-0.25, -0.2) is 4.98 Å². The molecule has 0 aliphatic heterocycles. The summed E-state index contributed by atoms with van der Waals surface area (Å²) < 4.78 is 0. The number of aliphatic hydroxyl groups excluding tert-OH is 2. The number of aromatic hydroxyl groups is 1. The number of nitrogens with one attached hydrogen (secondary N) is 1. The lowest BCUT2D eigenvalue weighted by Gasteiger charge is -2.50. The number of carbonyl (C=O) groups excluding carboxylic acids is 3. The van der Waals surface area contributed by atoms with Gasteiger partial charge in [0.25, 0.3) is 5.91 Å². The number of likely N-dealkylation sites (N-methyl/N-ethyl adjacent to an activating group) is 1. The number of phenols is 1. The molecule has 1 amide bonds. The van der Waals surface area contributed by atoms with E-state index in [1.165, 1.54) is 16.2 Å². The number of phenolic OH excluding ortho intramolecular Hbond substituents is 1. The monoisotopic (exact) mass is 583 g/mol. The van der Waals surface area contributed by atoms with Crippen molar-refractivity contribution < 1.29 is 34.8 Å². The van der Waals surface area contributed by atoms with E-state index in [4.69, 9.17) is 5.73 Å². The Bertz CT molecular complexity index is 1560. The molecule has 3 aliphatic carbocycles. The number of ketones is 2. The second-order valence-electron chi connectivity index (χ2n) is 11.3. The highest BCUT2D eigenvalue weighted by atomic mass is 32.1. The first-order valence-corrected chi connectivity index (χ1v) is 13.9. The maximum Gasteiger partial charge on any atom is 0.255 e. The van der Waals surface area contributed by atoms with E-state index in [2.05, 4.69) is 10.3 Å².